The number of nitrogens with zero attached hydrogens (tertiary/aromatic N) is 2. The number of aromatic nitrogens is 2. The fourth-order valence-corrected chi connectivity index (χ4v) is 1.39. The summed E-state index contributed by atoms with van der Waals surface area (Å²) in [6, 6.07) is 2.54. The van der Waals surface area contributed by atoms with E-state index in [0.717, 1.165) is 4.68 Å². The maximum absolute atomic E-state index is 12.1. The van der Waals surface area contributed by atoms with Gasteiger partial charge in [0.1, 0.15) is 5.69 Å². The lowest BCUT2D eigenvalue weighted by Gasteiger charge is -2.38. The van der Waals surface area contributed by atoms with Gasteiger partial charge >= 0.3 is 5.97 Å². The molecule has 1 amide bonds. The Morgan fingerprint density at radius 2 is 1.80 bits per heavy atom. The molecular weight excluding hydrogens is 262 g/mol. The molecule has 1 heterocycles. The highest BCUT2D eigenvalue weighted by molar-refractivity contribution is 5.93. The van der Waals surface area contributed by atoms with Gasteiger partial charge in [-0.1, -0.05) is 0 Å². The average molecular weight is 281 g/mol. The molecule has 0 spiro atoms. The van der Waals surface area contributed by atoms with Gasteiger partial charge < -0.3 is 10.4 Å². The monoisotopic (exact) mass is 281 g/mol. The van der Waals surface area contributed by atoms with Gasteiger partial charge in [0, 0.05) is 13.1 Å². The molecule has 0 aliphatic carbocycles. The molecule has 0 saturated carbocycles. The van der Waals surface area contributed by atoms with Crippen LogP contribution in [0.3, 0.4) is 0 Å². The zero-order valence-electron chi connectivity index (χ0n) is 12.2. The minimum Gasteiger partial charge on any atom is -0.481 e. The maximum Gasteiger partial charge on any atom is 0.311 e. The minimum atomic E-state index is -1.16. The number of carbonyl (C=O) groups excluding carboxylic acids is 1. The number of hydrogen-bond acceptors (Lipinski definition) is 4. The first kappa shape index (κ1) is 15.9. The number of rotatable bonds is 4. The topological polar surface area (TPSA) is 101 Å². The Bertz CT molecular complexity index is 602. The van der Waals surface area contributed by atoms with Crippen LogP contribution >= 0.6 is 0 Å². The van der Waals surface area contributed by atoms with Gasteiger partial charge in [-0.2, -0.15) is 5.10 Å². The van der Waals surface area contributed by atoms with Crippen LogP contribution in [-0.4, -0.2) is 32.3 Å². The van der Waals surface area contributed by atoms with Gasteiger partial charge in [0.05, 0.1) is 11.0 Å². The molecule has 0 atom stereocenters. The van der Waals surface area contributed by atoms with Crippen molar-refractivity contribution in [2.75, 3.05) is 0 Å². The largest absolute Gasteiger partial charge is 0.481 e. The van der Waals surface area contributed by atoms with Gasteiger partial charge in [-0.25, -0.2) is 4.68 Å². The van der Waals surface area contributed by atoms with Gasteiger partial charge in [-0.15, -0.1) is 0 Å². The quantitative estimate of drug-likeness (QED) is 0.831. The maximum atomic E-state index is 12.1. The van der Waals surface area contributed by atoms with Gasteiger partial charge in [-0.05, 0) is 33.8 Å². The fraction of sp³-hybridized carbons (Fsp3) is 0.538. The van der Waals surface area contributed by atoms with Crippen molar-refractivity contribution < 1.29 is 14.7 Å². The highest BCUT2D eigenvalue weighted by Gasteiger charge is 2.44. The average Bonchev–Trinajstić information content (AvgIpc) is 2.31. The second-order valence-corrected chi connectivity index (χ2v) is 5.69. The zero-order chi connectivity index (χ0) is 15.7. The van der Waals surface area contributed by atoms with Crippen LogP contribution in [0.1, 0.15) is 38.2 Å². The normalized spacial score (nSPS) is 12.1. The third-order valence-corrected chi connectivity index (χ3v) is 3.72. The summed E-state index contributed by atoms with van der Waals surface area (Å²) >= 11 is 0. The van der Waals surface area contributed by atoms with Crippen molar-refractivity contribution in [3.63, 3.8) is 0 Å². The van der Waals surface area contributed by atoms with E-state index in [9.17, 15) is 19.5 Å². The second kappa shape index (κ2) is 5.07. The molecule has 7 heteroatoms. The Hall–Kier alpha value is -2.18. The number of carbonyl (C=O) groups is 2. The molecular formula is C13H19N3O4. The predicted molar refractivity (Wildman–Crippen MR) is 72.4 cm³/mol. The first-order valence-corrected chi connectivity index (χ1v) is 6.09. The first-order chi connectivity index (χ1) is 8.99. The van der Waals surface area contributed by atoms with Crippen molar-refractivity contribution in [2.45, 2.75) is 33.2 Å². The van der Waals surface area contributed by atoms with Crippen LogP contribution in [0, 0.1) is 5.41 Å². The number of aryl methyl sites for hydroxylation is 1. The van der Waals surface area contributed by atoms with Crippen molar-refractivity contribution >= 4 is 11.9 Å². The Morgan fingerprint density at radius 3 is 2.25 bits per heavy atom. The fourth-order valence-electron chi connectivity index (χ4n) is 1.39. The van der Waals surface area contributed by atoms with Crippen LogP contribution in [0.4, 0.5) is 0 Å². The number of aliphatic carboxylic acids is 1. The zero-order valence-corrected chi connectivity index (χ0v) is 12.2. The Kier molecular flexibility index (Phi) is 4.02. The molecule has 1 aromatic heterocycles. The number of carboxylic acids is 1. The number of amides is 1. The van der Waals surface area contributed by atoms with Crippen molar-refractivity contribution in [2.24, 2.45) is 12.5 Å². The molecule has 2 N–H and O–H groups in total. The summed E-state index contributed by atoms with van der Waals surface area (Å²) in [4.78, 5) is 34.6. The molecule has 1 aromatic rings. The summed E-state index contributed by atoms with van der Waals surface area (Å²) in [5.41, 5.74) is -2.43. The second-order valence-electron chi connectivity index (χ2n) is 5.69. The van der Waals surface area contributed by atoms with E-state index in [4.69, 9.17) is 0 Å². The van der Waals surface area contributed by atoms with Crippen LogP contribution in [0.2, 0.25) is 0 Å². The lowest BCUT2D eigenvalue weighted by Crippen LogP contribution is -2.57. The number of carboxylic acid groups (broad SMARTS) is 1. The lowest BCUT2D eigenvalue weighted by molar-refractivity contribution is -0.150. The molecule has 0 fully saturated rings. The van der Waals surface area contributed by atoms with Crippen molar-refractivity contribution in [1.82, 2.24) is 15.1 Å². The van der Waals surface area contributed by atoms with Crippen molar-refractivity contribution in [3.05, 3.63) is 28.2 Å². The molecule has 110 valence electrons. The van der Waals surface area contributed by atoms with E-state index in [-0.39, 0.29) is 11.3 Å². The lowest BCUT2D eigenvalue weighted by atomic mass is 9.74. The highest BCUT2D eigenvalue weighted by Crippen LogP contribution is 2.30. The molecule has 0 aliphatic rings. The first-order valence-electron chi connectivity index (χ1n) is 6.09. The van der Waals surface area contributed by atoms with E-state index in [0.29, 0.717) is 0 Å². The van der Waals surface area contributed by atoms with Crippen molar-refractivity contribution in [1.29, 1.82) is 0 Å². The van der Waals surface area contributed by atoms with Gasteiger partial charge in [-0.3, -0.25) is 14.4 Å². The summed E-state index contributed by atoms with van der Waals surface area (Å²) < 4.78 is 1.05. The third-order valence-electron chi connectivity index (χ3n) is 3.72. The minimum absolute atomic E-state index is 0.0568. The summed E-state index contributed by atoms with van der Waals surface area (Å²) in [5, 5.41) is 15.7. The van der Waals surface area contributed by atoms with Crippen LogP contribution in [0.15, 0.2) is 16.9 Å². The molecule has 1 rings (SSSR count). The highest BCUT2D eigenvalue weighted by atomic mass is 16.4. The molecule has 0 saturated heterocycles. The van der Waals surface area contributed by atoms with Crippen LogP contribution in [0.5, 0.6) is 0 Å². The smallest absolute Gasteiger partial charge is 0.311 e. The number of nitrogens with one attached hydrogen (secondary N) is 1. The molecule has 0 aliphatic heterocycles. The standard InChI is InChI=1S/C13H19N3O4/c1-12(2,11(19)20)13(3,4)14-10(18)8-6-7-9(17)16(5)15-8/h6-7H,1-5H3,(H,14,18)(H,19,20). The molecule has 0 unspecified atom stereocenters. The van der Waals surface area contributed by atoms with E-state index in [1.165, 1.54) is 33.0 Å². The summed E-state index contributed by atoms with van der Waals surface area (Å²) in [5.74, 6) is -1.55. The molecule has 20 heavy (non-hydrogen) atoms. The summed E-state index contributed by atoms with van der Waals surface area (Å²) in [6.07, 6.45) is 0. The summed E-state index contributed by atoms with van der Waals surface area (Å²) in [6.45, 7) is 6.32. The Balaban J connectivity index is 3.03. The van der Waals surface area contributed by atoms with Gasteiger partial charge in [0.2, 0.25) is 0 Å². The van der Waals surface area contributed by atoms with Gasteiger partial charge in [0.15, 0.2) is 0 Å². The van der Waals surface area contributed by atoms with Crippen molar-refractivity contribution in [3.8, 4) is 0 Å². The van der Waals surface area contributed by atoms with E-state index >= 15 is 0 Å². The van der Waals surface area contributed by atoms with E-state index in [1.54, 1.807) is 13.8 Å². The van der Waals surface area contributed by atoms with E-state index < -0.39 is 22.8 Å². The Morgan fingerprint density at radius 1 is 1.25 bits per heavy atom. The van der Waals surface area contributed by atoms with E-state index in [1.807, 2.05) is 0 Å². The molecule has 0 aromatic carbocycles. The molecule has 0 bridgehead atoms. The molecule has 0 radical (unpaired) electrons. The van der Waals surface area contributed by atoms with Crippen LogP contribution in [-0.2, 0) is 11.8 Å². The number of hydrogen-bond donors (Lipinski definition) is 2. The summed E-state index contributed by atoms with van der Waals surface area (Å²) in [7, 11) is 1.44. The van der Waals surface area contributed by atoms with Gasteiger partial charge in [0.25, 0.3) is 11.5 Å². The third kappa shape index (κ3) is 2.87. The van der Waals surface area contributed by atoms with Crippen LogP contribution in [0.25, 0.3) is 0 Å². The van der Waals surface area contributed by atoms with Crippen LogP contribution < -0.4 is 10.9 Å². The SMILES string of the molecule is Cn1nc(C(=O)NC(C)(C)C(C)(C)C(=O)O)ccc1=O. The molecule has 7 nitrogen and oxygen atoms in total. The Labute approximate surface area is 116 Å². The van der Waals surface area contributed by atoms with E-state index in [2.05, 4.69) is 10.4 Å². The predicted octanol–water partition coefficient (Wildman–Crippen LogP) is 0.399.